The minimum absolute atomic E-state index is 0.222. The summed E-state index contributed by atoms with van der Waals surface area (Å²) in [7, 11) is 1.72. The van der Waals surface area contributed by atoms with Gasteiger partial charge in [0, 0.05) is 19.4 Å². The fourth-order valence-corrected chi connectivity index (χ4v) is 2.60. The molecule has 0 bridgehead atoms. The smallest absolute Gasteiger partial charge is 0.136 e. The van der Waals surface area contributed by atoms with Crippen LogP contribution in [0.3, 0.4) is 0 Å². The second-order valence-electron chi connectivity index (χ2n) is 4.87. The normalized spacial score (nSPS) is 29.1. The van der Waals surface area contributed by atoms with Crippen LogP contribution in [0.15, 0.2) is 0 Å². The maximum absolute atomic E-state index is 11.7. The Morgan fingerprint density at radius 2 is 2.27 bits per heavy atom. The molecule has 0 spiro atoms. The van der Waals surface area contributed by atoms with Gasteiger partial charge in [-0.3, -0.25) is 4.79 Å². The van der Waals surface area contributed by atoms with Crippen molar-refractivity contribution in [1.29, 1.82) is 0 Å². The average molecular weight is 212 g/mol. The van der Waals surface area contributed by atoms with E-state index in [4.69, 9.17) is 4.74 Å². The molecule has 0 aromatic carbocycles. The summed E-state index contributed by atoms with van der Waals surface area (Å²) >= 11 is 0. The van der Waals surface area contributed by atoms with Crippen LogP contribution in [-0.2, 0) is 9.53 Å². The highest BCUT2D eigenvalue weighted by atomic mass is 16.5. The molecule has 0 aliphatic heterocycles. The Bertz CT molecular complexity index is 201. The van der Waals surface area contributed by atoms with E-state index in [0.717, 1.165) is 31.6 Å². The summed E-state index contributed by atoms with van der Waals surface area (Å²) in [6.45, 7) is 4.28. The summed E-state index contributed by atoms with van der Waals surface area (Å²) in [6, 6.07) is 0. The molecule has 0 aromatic heterocycles. The Balaban J connectivity index is 2.42. The summed E-state index contributed by atoms with van der Waals surface area (Å²) in [5, 5.41) is 0. The van der Waals surface area contributed by atoms with Gasteiger partial charge in [-0.15, -0.1) is 0 Å². The van der Waals surface area contributed by atoms with Gasteiger partial charge in [0.25, 0.3) is 0 Å². The molecule has 0 saturated heterocycles. The lowest BCUT2D eigenvalue weighted by atomic mass is 9.76. The van der Waals surface area contributed by atoms with Crippen LogP contribution >= 0.6 is 0 Å². The fourth-order valence-electron chi connectivity index (χ4n) is 2.60. The number of carbonyl (C=O) groups is 1. The largest absolute Gasteiger partial charge is 0.382 e. The topological polar surface area (TPSA) is 26.3 Å². The number of hydrogen-bond acceptors (Lipinski definition) is 2. The van der Waals surface area contributed by atoms with E-state index in [1.54, 1.807) is 7.11 Å². The van der Waals surface area contributed by atoms with Crippen molar-refractivity contribution in [1.82, 2.24) is 0 Å². The highest BCUT2D eigenvalue weighted by molar-refractivity contribution is 5.81. The quantitative estimate of drug-likeness (QED) is 0.699. The molecule has 0 amide bonds. The van der Waals surface area contributed by atoms with Gasteiger partial charge >= 0.3 is 0 Å². The van der Waals surface area contributed by atoms with E-state index in [0.29, 0.717) is 5.78 Å². The van der Waals surface area contributed by atoms with Crippen molar-refractivity contribution in [2.24, 2.45) is 11.8 Å². The van der Waals surface area contributed by atoms with Crippen LogP contribution in [0.2, 0.25) is 0 Å². The standard InChI is InChI=1S/C13H24O2/c1-4-5-11-6-7-13(14)12(9-11)8-10(2)15-3/h10-12H,4-9H2,1-3H3. The van der Waals surface area contributed by atoms with E-state index < -0.39 is 0 Å². The van der Waals surface area contributed by atoms with Gasteiger partial charge in [-0.2, -0.15) is 0 Å². The number of carbonyl (C=O) groups excluding carboxylic acids is 1. The first-order chi connectivity index (χ1) is 7.17. The van der Waals surface area contributed by atoms with Crippen molar-refractivity contribution in [3.63, 3.8) is 0 Å². The lowest BCUT2D eigenvalue weighted by molar-refractivity contribution is -0.127. The van der Waals surface area contributed by atoms with Gasteiger partial charge in [-0.25, -0.2) is 0 Å². The van der Waals surface area contributed by atoms with E-state index >= 15 is 0 Å². The zero-order valence-corrected chi connectivity index (χ0v) is 10.3. The van der Waals surface area contributed by atoms with E-state index in [1.807, 2.05) is 0 Å². The first kappa shape index (κ1) is 12.7. The molecular weight excluding hydrogens is 188 g/mol. The maximum atomic E-state index is 11.7. The third kappa shape index (κ3) is 3.94. The van der Waals surface area contributed by atoms with Crippen molar-refractivity contribution in [2.45, 2.75) is 58.5 Å². The highest BCUT2D eigenvalue weighted by Gasteiger charge is 2.29. The van der Waals surface area contributed by atoms with Gasteiger partial charge in [0.05, 0.1) is 6.10 Å². The molecular formula is C13H24O2. The summed E-state index contributed by atoms with van der Waals surface area (Å²) in [6.07, 6.45) is 6.67. The van der Waals surface area contributed by atoms with Crippen molar-refractivity contribution in [3.8, 4) is 0 Å². The molecule has 0 N–H and O–H groups in total. The van der Waals surface area contributed by atoms with Gasteiger partial charge in [0.15, 0.2) is 0 Å². The molecule has 1 saturated carbocycles. The molecule has 0 aromatic rings. The maximum Gasteiger partial charge on any atom is 0.136 e. The Hall–Kier alpha value is -0.370. The number of hydrogen-bond donors (Lipinski definition) is 0. The minimum Gasteiger partial charge on any atom is -0.382 e. The second kappa shape index (κ2) is 6.26. The van der Waals surface area contributed by atoms with Crippen LogP contribution in [0.5, 0.6) is 0 Å². The van der Waals surface area contributed by atoms with Crippen LogP contribution in [0.25, 0.3) is 0 Å². The first-order valence-electron chi connectivity index (χ1n) is 6.22. The lowest BCUT2D eigenvalue weighted by Crippen LogP contribution is -2.28. The lowest BCUT2D eigenvalue weighted by Gasteiger charge is -2.29. The predicted octanol–water partition coefficient (Wildman–Crippen LogP) is 3.20. The molecule has 15 heavy (non-hydrogen) atoms. The third-order valence-corrected chi connectivity index (χ3v) is 3.59. The number of rotatable bonds is 5. The van der Waals surface area contributed by atoms with Crippen LogP contribution in [0, 0.1) is 11.8 Å². The van der Waals surface area contributed by atoms with Gasteiger partial charge < -0.3 is 4.74 Å². The SMILES string of the molecule is CCCC1CCC(=O)C(CC(C)OC)C1. The zero-order valence-electron chi connectivity index (χ0n) is 10.3. The molecule has 0 radical (unpaired) electrons. The monoisotopic (exact) mass is 212 g/mol. The van der Waals surface area contributed by atoms with E-state index in [-0.39, 0.29) is 12.0 Å². The Morgan fingerprint density at radius 1 is 1.53 bits per heavy atom. The molecule has 1 fully saturated rings. The van der Waals surface area contributed by atoms with Crippen LogP contribution < -0.4 is 0 Å². The third-order valence-electron chi connectivity index (χ3n) is 3.59. The van der Waals surface area contributed by atoms with E-state index in [1.165, 1.54) is 12.8 Å². The molecule has 88 valence electrons. The van der Waals surface area contributed by atoms with Crippen molar-refractivity contribution >= 4 is 5.78 Å². The molecule has 1 rings (SSSR count). The molecule has 1 aliphatic rings. The molecule has 0 heterocycles. The second-order valence-corrected chi connectivity index (χ2v) is 4.87. The van der Waals surface area contributed by atoms with Crippen molar-refractivity contribution < 1.29 is 9.53 Å². The van der Waals surface area contributed by atoms with Gasteiger partial charge in [-0.05, 0) is 32.1 Å². The summed E-state index contributed by atoms with van der Waals surface area (Å²) in [5.74, 6) is 1.51. The first-order valence-corrected chi connectivity index (χ1v) is 6.22. The molecule has 2 nitrogen and oxygen atoms in total. The summed E-state index contributed by atoms with van der Waals surface area (Å²) in [4.78, 5) is 11.7. The van der Waals surface area contributed by atoms with Crippen molar-refractivity contribution in [3.05, 3.63) is 0 Å². The number of methoxy groups -OCH3 is 1. The molecule has 1 aliphatic carbocycles. The molecule has 2 heteroatoms. The molecule has 3 atom stereocenters. The zero-order chi connectivity index (χ0) is 11.3. The van der Waals surface area contributed by atoms with Crippen LogP contribution in [-0.4, -0.2) is 19.0 Å². The average Bonchev–Trinajstić information content (AvgIpc) is 2.23. The van der Waals surface area contributed by atoms with E-state index in [2.05, 4.69) is 13.8 Å². The number of ether oxygens (including phenoxy) is 1. The van der Waals surface area contributed by atoms with Crippen LogP contribution in [0.4, 0.5) is 0 Å². The van der Waals surface area contributed by atoms with Gasteiger partial charge in [0.1, 0.15) is 5.78 Å². The molecule has 3 unspecified atom stereocenters. The summed E-state index contributed by atoms with van der Waals surface area (Å²) < 4.78 is 5.24. The van der Waals surface area contributed by atoms with Crippen LogP contribution in [0.1, 0.15) is 52.4 Å². The number of Topliss-reactive ketones (excluding diaryl/α,β-unsaturated/α-hetero) is 1. The Morgan fingerprint density at radius 3 is 2.87 bits per heavy atom. The van der Waals surface area contributed by atoms with E-state index in [9.17, 15) is 4.79 Å². The Kier molecular flexibility index (Phi) is 5.30. The van der Waals surface area contributed by atoms with Crippen molar-refractivity contribution in [2.75, 3.05) is 7.11 Å². The van der Waals surface area contributed by atoms with Gasteiger partial charge in [-0.1, -0.05) is 19.8 Å². The predicted molar refractivity (Wildman–Crippen MR) is 61.8 cm³/mol. The highest BCUT2D eigenvalue weighted by Crippen LogP contribution is 2.32. The summed E-state index contributed by atoms with van der Waals surface area (Å²) in [5.41, 5.74) is 0. The Labute approximate surface area is 93.4 Å². The number of ketones is 1. The minimum atomic E-state index is 0.222. The fraction of sp³-hybridized carbons (Fsp3) is 0.923. The van der Waals surface area contributed by atoms with Gasteiger partial charge in [0.2, 0.25) is 0 Å².